The molecule has 0 aromatic heterocycles. The SMILES string of the molecule is CCOC(=O)C(C)Oc1ccc([C@H](C)N)cc1Cl. The first-order chi connectivity index (χ1) is 8.45. The van der Waals surface area contributed by atoms with Crippen molar-refractivity contribution >= 4 is 17.6 Å². The van der Waals surface area contributed by atoms with E-state index in [-0.39, 0.29) is 6.04 Å². The topological polar surface area (TPSA) is 61.5 Å². The molecule has 100 valence electrons. The molecule has 0 heterocycles. The van der Waals surface area contributed by atoms with Crippen LogP contribution in [0.2, 0.25) is 5.02 Å². The molecule has 1 aromatic carbocycles. The number of hydrogen-bond donors (Lipinski definition) is 1. The second-order valence-electron chi connectivity index (χ2n) is 3.99. The summed E-state index contributed by atoms with van der Waals surface area (Å²) < 4.78 is 10.3. The molecule has 0 aliphatic rings. The van der Waals surface area contributed by atoms with E-state index in [2.05, 4.69) is 0 Å². The van der Waals surface area contributed by atoms with E-state index in [1.165, 1.54) is 0 Å². The third-order valence-corrected chi connectivity index (χ3v) is 2.70. The molecule has 1 rings (SSSR count). The standard InChI is InChI=1S/C13H18ClNO3/c1-4-17-13(16)9(3)18-12-6-5-10(8(2)15)7-11(12)14/h5-9H,4,15H2,1-3H3/t8-,9?/m0/s1. The molecule has 2 N–H and O–H groups in total. The van der Waals surface area contributed by atoms with Crippen LogP contribution in [0.5, 0.6) is 5.75 Å². The zero-order chi connectivity index (χ0) is 13.7. The summed E-state index contributed by atoms with van der Waals surface area (Å²) in [7, 11) is 0. The molecule has 0 aliphatic carbocycles. The Morgan fingerprint density at radius 1 is 1.44 bits per heavy atom. The predicted octanol–water partition coefficient (Wildman–Crippen LogP) is 2.69. The maximum Gasteiger partial charge on any atom is 0.347 e. The van der Waals surface area contributed by atoms with E-state index in [1.54, 1.807) is 26.0 Å². The van der Waals surface area contributed by atoms with Crippen molar-refractivity contribution in [3.05, 3.63) is 28.8 Å². The van der Waals surface area contributed by atoms with Crippen LogP contribution < -0.4 is 10.5 Å². The highest BCUT2D eigenvalue weighted by Crippen LogP contribution is 2.28. The number of esters is 1. The first-order valence-corrected chi connectivity index (χ1v) is 6.21. The Morgan fingerprint density at radius 2 is 2.11 bits per heavy atom. The van der Waals surface area contributed by atoms with Gasteiger partial charge in [0, 0.05) is 6.04 Å². The maximum atomic E-state index is 11.4. The van der Waals surface area contributed by atoms with Crippen LogP contribution in [-0.4, -0.2) is 18.7 Å². The number of rotatable bonds is 5. The highest BCUT2D eigenvalue weighted by Gasteiger charge is 2.17. The van der Waals surface area contributed by atoms with Crippen LogP contribution in [0, 0.1) is 0 Å². The van der Waals surface area contributed by atoms with Gasteiger partial charge in [-0.15, -0.1) is 0 Å². The summed E-state index contributed by atoms with van der Waals surface area (Å²) in [6.07, 6.45) is -0.691. The molecule has 0 bridgehead atoms. The third-order valence-electron chi connectivity index (χ3n) is 2.40. The van der Waals surface area contributed by atoms with Gasteiger partial charge in [0.05, 0.1) is 11.6 Å². The Kier molecular flexibility index (Phi) is 5.44. The van der Waals surface area contributed by atoms with Crippen molar-refractivity contribution in [2.75, 3.05) is 6.61 Å². The Hall–Kier alpha value is -1.26. The highest BCUT2D eigenvalue weighted by atomic mass is 35.5. The van der Waals surface area contributed by atoms with Crippen LogP contribution >= 0.6 is 11.6 Å². The molecule has 4 nitrogen and oxygen atoms in total. The average Bonchev–Trinajstić information content (AvgIpc) is 2.31. The van der Waals surface area contributed by atoms with E-state index in [0.717, 1.165) is 5.56 Å². The first-order valence-electron chi connectivity index (χ1n) is 5.84. The fraction of sp³-hybridized carbons (Fsp3) is 0.462. The van der Waals surface area contributed by atoms with Crippen LogP contribution in [0.15, 0.2) is 18.2 Å². The van der Waals surface area contributed by atoms with Gasteiger partial charge in [0.1, 0.15) is 5.75 Å². The Balaban J connectivity index is 2.76. The van der Waals surface area contributed by atoms with Gasteiger partial charge in [0.25, 0.3) is 0 Å². The van der Waals surface area contributed by atoms with Gasteiger partial charge in [-0.1, -0.05) is 17.7 Å². The van der Waals surface area contributed by atoms with E-state index >= 15 is 0 Å². The number of hydrogen-bond acceptors (Lipinski definition) is 4. The van der Waals surface area contributed by atoms with Crippen molar-refractivity contribution in [2.45, 2.75) is 32.9 Å². The molecule has 0 saturated heterocycles. The van der Waals surface area contributed by atoms with Crippen molar-refractivity contribution in [1.29, 1.82) is 0 Å². The highest BCUT2D eigenvalue weighted by molar-refractivity contribution is 6.32. The lowest BCUT2D eigenvalue weighted by Crippen LogP contribution is -2.26. The monoisotopic (exact) mass is 271 g/mol. The smallest absolute Gasteiger partial charge is 0.347 e. The van der Waals surface area contributed by atoms with Gasteiger partial charge in [-0.2, -0.15) is 0 Å². The van der Waals surface area contributed by atoms with Crippen molar-refractivity contribution < 1.29 is 14.3 Å². The largest absolute Gasteiger partial charge is 0.477 e. The van der Waals surface area contributed by atoms with Crippen LogP contribution in [-0.2, 0) is 9.53 Å². The molecule has 1 aromatic rings. The van der Waals surface area contributed by atoms with E-state index in [9.17, 15) is 4.79 Å². The molecular formula is C13H18ClNO3. The summed E-state index contributed by atoms with van der Waals surface area (Å²) in [5.74, 6) is 0.0338. The summed E-state index contributed by atoms with van der Waals surface area (Å²) in [6, 6.07) is 5.17. The molecule has 0 fully saturated rings. The number of nitrogens with two attached hydrogens (primary N) is 1. The molecule has 1 unspecified atom stereocenters. The van der Waals surface area contributed by atoms with Crippen molar-refractivity contribution in [2.24, 2.45) is 5.73 Å². The van der Waals surface area contributed by atoms with Gasteiger partial charge >= 0.3 is 5.97 Å². The van der Waals surface area contributed by atoms with Crippen LogP contribution in [0.1, 0.15) is 32.4 Å². The van der Waals surface area contributed by atoms with Crippen LogP contribution in [0.4, 0.5) is 0 Å². The van der Waals surface area contributed by atoms with E-state index in [1.807, 2.05) is 13.0 Å². The number of ether oxygens (including phenoxy) is 2. The predicted molar refractivity (Wildman–Crippen MR) is 70.8 cm³/mol. The average molecular weight is 272 g/mol. The molecule has 0 aliphatic heterocycles. The maximum absolute atomic E-state index is 11.4. The Labute approximate surface area is 112 Å². The summed E-state index contributed by atoms with van der Waals surface area (Å²) in [6.45, 7) is 5.56. The number of halogens is 1. The van der Waals surface area contributed by atoms with Crippen LogP contribution in [0.25, 0.3) is 0 Å². The van der Waals surface area contributed by atoms with Crippen LogP contribution in [0.3, 0.4) is 0 Å². The van der Waals surface area contributed by atoms with Crippen molar-refractivity contribution in [3.8, 4) is 5.75 Å². The zero-order valence-electron chi connectivity index (χ0n) is 10.8. The van der Waals surface area contributed by atoms with Gasteiger partial charge < -0.3 is 15.2 Å². The minimum atomic E-state index is -0.691. The van der Waals surface area contributed by atoms with Gasteiger partial charge in [-0.25, -0.2) is 4.79 Å². The molecule has 5 heteroatoms. The quantitative estimate of drug-likeness (QED) is 0.837. The van der Waals surface area contributed by atoms with E-state index in [0.29, 0.717) is 17.4 Å². The number of carbonyl (C=O) groups is 1. The number of carbonyl (C=O) groups excluding carboxylic acids is 1. The molecule has 18 heavy (non-hydrogen) atoms. The fourth-order valence-corrected chi connectivity index (χ4v) is 1.63. The van der Waals surface area contributed by atoms with Gasteiger partial charge in [-0.3, -0.25) is 0 Å². The molecule has 0 spiro atoms. The lowest BCUT2D eigenvalue weighted by molar-refractivity contribution is -0.150. The normalized spacial score (nSPS) is 13.8. The molecular weight excluding hydrogens is 254 g/mol. The third kappa shape index (κ3) is 3.89. The van der Waals surface area contributed by atoms with Gasteiger partial charge in [0.15, 0.2) is 6.10 Å². The van der Waals surface area contributed by atoms with E-state index in [4.69, 9.17) is 26.8 Å². The summed E-state index contributed by atoms with van der Waals surface area (Å²) in [5, 5.41) is 0.431. The minimum absolute atomic E-state index is 0.0981. The fourth-order valence-electron chi connectivity index (χ4n) is 1.39. The van der Waals surface area contributed by atoms with Gasteiger partial charge in [-0.05, 0) is 38.5 Å². The zero-order valence-corrected chi connectivity index (χ0v) is 11.5. The minimum Gasteiger partial charge on any atom is -0.477 e. The summed E-state index contributed by atoms with van der Waals surface area (Å²) >= 11 is 6.07. The molecule has 0 amide bonds. The first kappa shape index (κ1) is 14.8. The molecule has 2 atom stereocenters. The van der Waals surface area contributed by atoms with Gasteiger partial charge in [0.2, 0.25) is 0 Å². The second kappa shape index (κ2) is 6.61. The van der Waals surface area contributed by atoms with Crippen molar-refractivity contribution in [3.63, 3.8) is 0 Å². The lowest BCUT2D eigenvalue weighted by atomic mass is 10.1. The Bertz CT molecular complexity index is 421. The second-order valence-corrected chi connectivity index (χ2v) is 4.40. The Morgan fingerprint density at radius 3 is 2.61 bits per heavy atom. The number of benzene rings is 1. The summed E-state index contributed by atoms with van der Waals surface area (Å²) in [4.78, 5) is 11.4. The molecule has 0 saturated carbocycles. The van der Waals surface area contributed by atoms with E-state index < -0.39 is 12.1 Å². The van der Waals surface area contributed by atoms with Crippen molar-refractivity contribution in [1.82, 2.24) is 0 Å². The molecule has 0 radical (unpaired) electrons. The lowest BCUT2D eigenvalue weighted by Gasteiger charge is -2.15. The summed E-state index contributed by atoms with van der Waals surface area (Å²) in [5.41, 5.74) is 6.66.